The molecule has 2 aromatic rings. The standard InChI is InChI=1S/C24H28OSi/c1-26(2,3)21-20-24(25,23-17-11-7-12-18-23)19-13-5-4-8-14-22-15-9-6-10-16-22/h6-7,9-12,15-18,25H,4,8,14,19H2,1-3H3. The van der Waals surface area contributed by atoms with Gasteiger partial charge in [-0.1, -0.05) is 92.1 Å². The van der Waals surface area contributed by atoms with Crippen LogP contribution in [0.5, 0.6) is 0 Å². The summed E-state index contributed by atoms with van der Waals surface area (Å²) in [4.78, 5) is 0. The Morgan fingerprint density at radius 2 is 1.50 bits per heavy atom. The van der Waals surface area contributed by atoms with Gasteiger partial charge in [0.25, 0.3) is 0 Å². The molecule has 1 N–H and O–H groups in total. The van der Waals surface area contributed by atoms with Gasteiger partial charge in [0.2, 0.25) is 0 Å². The first-order chi connectivity index (χ1) is 12.4. The number of hydrogen-bond donors (Lipinski definition) is 1. The van der Waals surface area contributed by atoms with E-state index in [2.05, 4.69) is 67.2 Å². The molecule has 0 aromatic heterocycles. The quantitative estimate of drug-likeness (QED) is 0.443. The van der Waals surface area contributed by atoms with Gasteiger partial charge in [0.15, 0.2) is 5.60 Å². The first-order valence-corrected chi connectivity index (χ1v) is 12.7. The molecule has 1 atom stereocenters. The minimum Gasteiger partial charge on any atom is -0.372 e. The van der Waals surface area contributed by atoms with Crippen LogP contribution in [0.1, 0.15) is 30.4 Å². The molecular formula is C24H28OSi. The van der Waals surface area contributed by atoms with Crippen molar-refractivity contribution in [2.45, 2.75) is 50.9 Å². The molecular weight excluding hydrogens is 332 g/mol. The Kier molecular flexibility index (Phi) is 7.28. The van der Waals surface area contributed by atoms with Crippen LogP contribution >= 0.6 is 0 Å². The van der Waals surface area contributed by atoms with Crippen LogP contribution in [0.3, 0.4) is 0 Å². The largest absolute Gasteiger partial charge is 0.372 e. The molecule has 0 spiro atoms. The molecule has 0 saturated carbocycles. The fourth-order valence-electron chi connectivity index (χ4n) is 2.53. The van der Waals surface area contributed by atoms with E-state index in [1.165, 1.54) is 5.56 Å². The second-order valence-electron chi connectivity index (χ2n) is 7.60. The van der Waals surface area contributed by atoms with Gasteiger partial charge in [-0.15, -0.1) is 11.5 Å². The summed E-state index contributed by atoms with van der Waals surface area (Å²) < 4.78 is 0. The van der Waals surface area contributed by atoms with E-state index >= 15 is 0 Å². The lowest BCUT2D eigenvalue weighted by molar-refractivity contribution is 0.106. The number of benzene rings is 2. The van der Waals surface area contributed by atoms with Crippen LogP contribution in [0, 0.1) is 23.3 Å². The highest BCUT2D eigenvalue weighted by Gasteiger charge is 2.26. The Balaban J connectivity index is 2.00. The molecule has 1 nitrogen and oxygen atoms in total. The van der Waals surface area contributed by atoms with Gasteiger partial charge < -0.3 is 5.11 Å². The van der Waals surface area contributed by atoms with Crippen LogP contribution in [0.4, 0.5) is 0 Å². The van der Waals surface area contributed by atoms with Gasteiger partial charge in [-0.25, -0.2) is 0 Å². The third kappa shape index (κ3) is 6.93. The molecule has 0 heterocycles. The molecule has 1 unspecified atom stereocenters. The van der Waals surface area contributed by atoms with Crippen LogP contribution in [0.15, 0.2) is 60.7 Å². The van der Waals surface area contributed by atoms with Crippen LogP contribution in [0.25, 0.3) is 0 Å². The molecule has 0 amide bonds. The maximum absolute atomic E-state index is 11.1. The highest BCUT2D eigenvalue weighted by molar-refractivity contribution is 6.83. The highest BCUT2D eigenvalue weighted by atomic mass is 28.3. The molecule has 0 aliphatic carbocycles. The average molecular weight is 361 g/mol. The van der Waals surface area contributed by atoms with Gasteiger partial charge in [-0.2, -0.15) is 0 Å². The fraction of sp³-hybridized carbons (Fsp3) is 0.333. The van der Waals surface area contributed by atoms with Crippen molar-refractivity contribution in [3.8, 4) is 23.3 Å². The zero-order valence-electron chi connectivity index (χ0n) is 16.0. The molecule has 2 aromatic carbocycles. The van der Waals surface area contributed by atoms with Gasteiger partial charge in [0.05, 0.1) is 6.42 Å². The Morgan fingerprint density at radius 3 is 2.12 bits per heavy atom. The smallest absolute Gasteiger partial charge is 0.161 e. The second kappa shape index (κ2) is 9.44. The van der Waals surface area contributed by atoms with Gasteiger partial charge in [0, 0.05) is 6.42 Å². The van der Waals surface area contributed by atoms with Crippen LogP contribution in [-0.4, -0.2) is 13.2 Å². The minimum absolute atomic E-state index is 0.347. The Morgan fingerprint density at radius 1 is 0.885 bits per heavy atom. The summed E-state index contributed by atoms with van der Waals surface area (Å²) in [5.41, 5.74) is 4.29. The minimum atomic E-state index is -1.57. The third-order valence-electron chi connectivity index (χ3n) is 3.97. The molecule has 2 rings (SSSR count). The molecule has 26 heavy (non-hydrogen) atoms. The molecule has 0 radical (unpaired) electrons. The number of unbranched alkanes of at least 4 members (excludes halogenated alkanes) is 1. The third-order valence-corrected chi connectivity index (χ3v) is 4.85. The zero-order chi connectivity index (χ0) is 18.9. The molecule has 0 saturated heterocycles. The van der Waals surface area contributed by atoms with E-state index in [9.17, 15) is 5.11 Å². The first-order valence-electron chi connectivity index (χ1n) is 9.21. The summed E-state index contributed by atoms with van der Waals surface area (Å²) in [6.45, 7) is 6.54. The lowest BCUT2D eigenvalue weighted by atomic mass is 9.91. The van der Waals surface area contributed by atoms with Gasteiger partial charge >= 0.3 is 0 Å². The van der Waals surface area contributed by atoms with Crippen molar-refractivity contribution in [1.82, 2.24) is 0 Å². The van der Waals surface area contributed by atoms with Crippen molar-refractivity contribution in [1.29, 1.82) is 0 Å². The van der Waals surface area contributed by atoms with Crippen molar-refractivity contribution in [3.05, 3.63) is 71.8 Å². The van der Waals surface area contributed by atoms with Gasteiger partial charge in [-0.3, -0.25) is 0 Å². The summed E-state index contributed by atoms with van der Waals surface area (Å²) in [6.07, 6.45) is 3.25. The molecule has 134 valence electrons. The molecule has 2 heteroatoms. The molecule has 0 fully saturated rings. The summed E-state index contributed by atoms with van der Waals surface area (Å²) in [5.74, 6) is 9.51. The lowest BCUT2D eigenvalue weighted by Gasteiger charge is -2.21. The predicted molar refractivity (Wildman–Crippen MR) is 113 cm³/mol. The van der Waals surface area contributed by atoms with Crippen LogP contribution in [0.2, 0.25) is 19.6 Å². The summed E-state index contributed by atoms with van der Waals surface area (Å²) in [7, 11) is -1.57. The summed E-state index contributed by atoms with van der Waals surface area (Å²) >= 11 is 0. The van der Waals surface area contributed by atoms with Crippen molar-refractivity contribution < 1.29 is 5.11 Å². The number of aryl methyl sites for hydroxylation is 1. The van der Waals surface area contributed by atoms with Crippen molar-refractivity contribution in [2.24, 2.45) is 0 Å². The van der Waals surface area contributed by atoms with Crippen molar-refractivity contribution >= 4 is 8.07 Å². The van der Waals surface area contributed by atoms with Crippen molar-refractivity contribution in [2.75, 3.05) is 0 Å². The zero-order valence-corrected chi connectivity index (χ0v) is 17.0. The molecule has 0 bridgehead atoms. The maximum Gasteiger partial charge on any atom is 0.161 e. The summed E-state index contributed by atoms with van der Waals surface area (Å²) in [5, 5.41) is 11.1. The predicted octanol–water partition coefficient (Wildman–Crippen LogP) is 5.17. The number of rotatable bonds is 5. The summed E-state index contributed by atoms with van der Waals surface area (Å²) in [6, 6.07) is 20.1. The SMILES string of the molecule is C[Si](C)(C)C#CC(O)(CC#CCCCc1ccccc1)c1ccccc1. The van der Waals surface area contributed by atoms with E-state index in [0.29, 0.717) is 6.42 Å². The lowest BCUT2D eigenvalue weighted by Crippen LogP contribution is -2.25. The number of hydrogen-bond acceptors (Lipinski definition) is 1. The van der Waals surface area contributed by atoms with E-state index < -0.39 is 13.7 Å². The first kappa shape index (κ1) is 20.1. The molecule has 0 aliphatic heterocycles. The van der Waals surface area contributed by atoms with Gasteiger partial charge in [-0.05, 0) is 24.0 Å². The highest BCUT2D eigenvalue weighted by Crippen LogP contribution is 2.24. The Labute approximate surface area is 159 Å². The van der Waals surface area contributed by atoms with E-state index in [1.807, 2.05) is 36.4 Å². The van der Waals surface area contributed by atoms with Crippen molar-refractivity contribution in [3.63, 3.8) is 0 Å². The fourth-order valence-corrected chi connectivity index (χ4v) is 3.11. The van der Waals surface area contributed by atoms with Crippen LogP contribution in [-0.2, 0) is 12.0 Å². The number of aliphatic hydroxyl groups is 1. The maximum atomic E-state index is 11.1. The topological polar surface area (TPSA) is 20.2 Å². The normalized spacial score (nSPS) is 12.9. The Bertz CT molecular complexity index is 798. The van der Waals surface area contributed by atoms with Crippen LogP contribution < -0.4 is 0 Å². The Hall–Kier alpha value is -2.26. The average Bonchev–Trinajstić information content (AvgIpc) is 2.64. The second-order valence-corrected chi connectivity index (χ2v) is 12.3. The van der Waals surface area contributed by atoms with E-state index in [1.54, 1.807) is 0 Å². The van der Waals surface area contributed by atoms with E-state index in [0.717, 1.165) is 24.8 Å². The molecule has 0 aliphatic rings. The van der Waals surface area contributed by atoms with E-state index in [4.69, 9.17) is 0 Å². The van der Waals surface area contributed by atoms with E-state index in [-0.39, 0.29) is 0 Å². The van der Waals surface area contributed by atoms with Gasteiger partial charge in [0.1, 0.15) is 8.07 Å². The monoisotopic (exact) mass is 360 g/mol.